The Bertz CT molecular complexity index is 501. The number of carboxylic acid groups (broad SMARTS) is 1. The van der Waals surface area contributed by atoms with Crippen LogP contribution in [0.4, 0.5) is 6.01 Å². The number of rotatable bonds is 4. The number of aryl methyl sites for hydroxylation is 1. The largest absolute Gasteiger partial charge is 0.481 e. The molecule has 2 N–H and O–H groups in total. The molecule has 1 fully saturated rings. The molecule has 1 saturated heterocycles. The second-order valence-electron chi connectivity index (χ2n) is 5.00. The summed E-state index contributed by atoms with van der Waals surface area (Å²) in [6.07, 6.45) is 0.537. The first-order valence-corrected chi connectivity index (χ1v) is 5.95. The summed E-state index contributed by atoms with van der Waals surface area (Å²) < 4.78 is 5.03. The summed E-state index contributed by atoms with van der Waals surface area (Å²) in [5.74, 6) is -0.754. The van der Waals surface area contributed by atoms with Gasteiger partial charge in [-0.25, -0.2) is 0 Å². The van der Waals surface area contributed by atoms with E-state index in [1.54, 1.807) is 18.7 Å². The molecular weight excluding hydrogens is 252 g/mol. The molecular formula is C11H16N4O4. The molecule has 8 heteroatoms. The van der Waals surface area contributed by atoms with Crippen molar-refractivity contribution in [2.75, 3.05) is 25.0 Å². The first-order chi connectivity index (χ1) is 8.89. The van der Waals surface area contributed by atoms with Crippen LogP contribution < -0.4 is 5.32 Å². The molecule has 8 nitrogen and oxygen atoms in total. The summed E-state index contributed by atoms with van der Waals surface area (Å²) in [5.41, 5.74) is -0.776. The summed E-state index contributed by atoms with van der Waals surface area (Å²) in [4.78, 5) is 24.6. The number of carbonyl (C=O) groups excluding carboxylic acids is 1. The van der Waals surface area contributed by atoms with Gasteiger partial charge in [0, 0.05) is 13.5 Å². The third-order valence-corrected chi connectivity index (χ3v) is 3.21. The van der Waals surface area contributed by atoms with Gasteiger partial charge in [-0.05, 0) is 19.9 Å². The van der Waals surface area contributed by atoms with E-state index in [1.165, 1.54) is 0 Å². The molecule has 1 aromatic heterocycles. The van der Waals surface area contributed by atoms with Gasteiger partial charge in [-0.2, -0.15) is 0 Å². The van der Waals surface area contributed by atoms with Crippen LogP contribution in [0, 0.1) is 12.3 Å². The molecule has 0 spiro atoms. The Kier molecular flexibility index (Phi) is 3.52. The van der Waals surface area contributed by atoms with Gasteiger partial charge in [0.2, 0.25) is 11.8 Å². The van der Waals surface area contributed by atoms with E-state index in [1.807, 2.05) is 0 Å². The van der Waals surface area contributed by atoms with Crippen LogP contribution in [0.3, 0.4) is 0 Å². The molecule has 2 heterocycles. The van der Waals surface area contributed by atoms with Crippen LogP contribution in [-0.4, -0.2) is 51.7 Å². The Hall–Kier alpha value is -1.96. The van der Waals surface area contributed by atoms with E-state index in [-0.39, 0.29) is 18.5 Å². The van der Waals surface area contributed by atoms with Crippen LogP contribution in [0.5, 0.6) is 0 Å². The number of nitrogens with zero attached hydrogens (tertiary/aromatic N) is 3. The summed E-state index contributed by atoms with van der Waals surface area (Å²) in [7, 11) is 0. The number of nitrogens with one attached hydrogen (secondary N) is 1. The van der Waals surface area contributed by atoms with Crippen molar-refractivity contribution in [3.63, 3.8) is 0 Å². The SMILES string of the molecule is Cc1nnc(NC(=O)CN2CCC(C)(C(=O)O)C2)o1. The third-order valence-electron chi connectivity index (χ3n) is 3.21. The number of aromatic nitrogens is 2. The molecule has 2 rings (SSSR count). The van der Waals surface area contributed by atoms with E-state index in [4.69, 9.17) is 9.52 Å². The first-order valence-electron chi connectivity index (χ1n) is 5.95. The Balaban J connectivity index is 1.86. The molecule has 1 unspecified atom stereocenters. The molecule has 0 aromatic carbocycles. The van der Waals surface area contributed by atoms with E-state index < -0.39 is 11.4 Å². The number of aliphatic carboxylic acids is 1. The zero-order valence-electron chi connectivity index (χ0n) is 10.8. The van der Waals surface area contributed by atoms with Crippen molar-refractivity contribution in [3.05, 3.63) is 5.89 Å². The fourth-order valence-electron chi connectivity index (χ4n) is 2.07. The van der Waals surface area contributed by atoms with Gasteiger partial charge in [-0.15, -0.1) is 5.10 Å². The minimum Gasteiger partial charge on any atom is -0.481 e. The molecule has 1 atom stereocenters. The number of anilines is 1. The minimum absolute atomic E-state index is 0.0580. The van der Waals surface area contributed by atoms with Crippen molar-refractivity contribution in [2.45, 2.75) is 20.3 Å². The van der Waals surface area contributed by atoms with E-state index in [0.717, 1.165) is 0 Å². The predicted octanol–water partition coefficient (Wildman–Crippen LogP) is 0.113. The Morgan fingerprint density at radius 2 is 2.26 bits per heavy atom. The summed E-state index contributed by atoms with van der Waals surface area (Å²) in [6, 6.07) is 0.0580. The average Bonchev–Trinajstić information content (AvgIpc) is 2.87. The van der Waals surface area contributed by atoms with E-state index in [2.05, 4.69) is 15.5 Å². The smallest absolute Gasteiger partial charge is 0.322 e. The molecule has 104 valence electrons. The van der Waals surface area contributed by atoms with Crippen molar-refractivity contribution in [2.24, 2.45) is 5.41 Å². The monoisotopic (exact) mass is 268 g/mol. The summed E-state index contributed by atoms with van der Waals surface area (Å²) >= 11 is 0. The van der Waals surface area contributed by atoms with Crippen LogP contribution in [0.25, 0.3) is 0 Å². The molecule has 0 radical (unpaired) electrons. The Morgan fingerprint density at radius 3 is 2.79 bits per heavy atom. The molecule has 1 amide bonds. The number of likely N-dealkylation sites (tertiary alicyclic amines) is 1. The number of amides is 1. The maximum Gasteiger partial charge on any atom is 0.322 e. The second-order valence-corrected chi connectivity index (χ2v) is 5.00. The third kappa shape index (κ3) is 3.08. The van der Waals surface area contributed by atoms with Gasteiger partial charge >= 0.3 is 12.0 Å². The average molecular weight is 268 g/mol. The van der Waals surface area contributed by atoms with Crippen molar-refractivity contribution in [3.8, 4) is 0 Å². The van der Waals surface area contributed by atoms with Crippen molar-refractivity contribution < 1.29 is 19.1 Å². The lowest BCUT2D eigenvalue weighted by Crippen LogP contribution is -2.35. The Morgan fingerprint density at radius 1 is 1.53 bits per heavy atom. The molecule has 19 heavy (non-hydrogen) atoms. The summed E-state index contributed by atoms with van der Waals surface area (Å²) in [6.45, 7) is 4.37. The number of hydrogen-bond donors (Lipinski definition) is 2. The maximum absolute atomic E-state index is 11.7. The molecule has 1 aliphatic rings. The lowest BCUT2D eigenvalue weighted by atomic mass is 9.90. The van der Waals surface area contributed by atoms with Gasteiger partial charge in [0.1, 0.15) is 0 Å². The fourth-order valence-corrected chi connectivity index (χ4v) is 2.07. The quantitative estimate of drug-likeness (QED) is 0.797. The topological polar surface area (TPSA) is 109 Å². The fraction of sp³-hybridized carbons (Fsp3) is 0.636. The lowest BCUT2D eigenvalue weighted by molar-refractivity contribution is -0.147. The van der Waals surface area contributed by atoms with Crippen molar-refractivity contribution in [1.82, 2.24) is 15.1 Å². The van der Waals surface area contributed by atoms with Crippen LogP contribution in [0.2, 0.25) is 0 Å². The van der Waals surface area contributed by atoms with E-state index in [0.29, 0.717) is 25.4 Å². The highest BCUT2D eigenvalue weighted by Gasteiger charge is 2.40. The standard InChI is InChI=1S/C11H16N4O4/c1-7-13-14-10(19-7)12-8(16)5-15-4-3-11(2,6-15)9(17)18/h3-6H2,1-2H3,(H,17,18)(H,12,14,16). The number of carboxylic acids is 1. The maximum atomic E-state index is 11.7. The summed E-state index contributed by atoms with van der Waals surface area (Å²) in [5, 5.41) is 18.8. The van der Waals surface area contributed by atoms with Gasteiger partial charge in [0.25, 0.3) is 0 Å². The minimum atomic E-state index is -0.831. The predicted molar refractivity (Wildman–Crippen MR) is 64.5 cm³/mol. The van der Waals surface area contributed by atoms with Gasteiger partial charge in [0.15, 0.2) is 0 Å². The molecule has 0 aliphatic carbocycles. The normalized spacial score (nSPS) is 23.5. The zero-order valence-corrected chi connectivity index (χ0v) is 10.8. The van der Waals surface area contributed by atoms with Gasteiger partial charge < -0.3 is 9.52 Å². The van der Waals surface area contributed by atoms with E-state index >= 15 is 0 Å². The van der Waals surface area contributed by atoms with Crippen LogP contribution in [0.15, 0.2) is 4.42 Å². The van der Waals surface area contributed by atoms with E-state index in [9.17, 15) is 9.59 Å². The van der Waals surface area contributed by atoms with Crippen molar-refractivity contribution in [1.29, 1.82) is 0 Å². The first kappa shape index (κ1) is 13.5. The number of carbonyl (C=O) groups is 2. The second kappa shape index (κ2) is 4.96. The Labute approximate surface area is 109 Å². The van der Waals surface area contributed by atoms with Gasteiger partial charge in [0.05, 0.1) is 12.0 Å². The van der Waals surface area contributed by atoms with Gasteiger partial charge in [-0.3, -0.25) is 19.8 Å². The molecule has 0 bridgehead atoms. The number of hydrogen-bond acceptors (Lipinski definition) is 6. The van der Waals surface area contributed by atoms with Crippen LogP contribution in [-0.2, 0) is 9.59 Å². The zero-order chi connectivity index (χ0) is 14.0. The van der Waals surface area contributed by atoms with Crippen molar-refractivity contribution >= 4 is 17.9 Å². The highest BCUT2D eigenvalue weighted by molar-refractivity contribution is 5.90. The highest BCUT2D eigenvalue weighted by atomic mass is 16.4. The molecule has 0 saturated carbocycles. The molecule has 1 aliphatic heterocycles. The molecule has 1 aromatic rings. The van der Waals surface area contributed by atoms with Gasteiger partial charge in [-0.1, -0.05) is 5.10 Å². The highest BCUT2D eigenvalue weighted by Crippen LogP contribution is 2.29. The lowest BCUT2D eigenvalue weighted by Gasteiger charge is -2.19. The van der Waals surface area contributed by atoms with Crippen LogP contribution >= 0.6 is 0 Å². The van der Waals surface area contributed by atoms with Crippen LogP contribution in [0.1, 0.15) is 19.2 Å².